The molecule has 0 atom stereocenters. The Morgan fingerprint density at radius 3 is 2.86 bits per heavy atom. The summed E-state index contributed by atoms with van der Waals surface area (Å²) in [5.41, 5.74) is 0.976. The van der Waals surface area contributed by atoms with Crippen LogP contribution in [0.3, 0.4) is 0 Å². The maximum absolute atomic E-state index is 11.8. The molecular weight excluding hydrogens is 176 g/mol. The van der Waals surface area contributed by atoms with Crippen LogP contribution in [0.15, 0.2) is 12.3 Å². The standard InChI is InChI=1S/C11H16N2O/c1-9-6-7-13(12-9)8-11(14)10-4-2-3-5-10/h6-7,10H,2-5,8H2,1H3. The molecule has 0 spiro atoms. The van der Waals surface area contributed by atoms with Gasteiger partial charge in [-0.3, -0.25) is 9.48 Å². The lowest BCUT2D eigenvalue weighted by Gasteiger charge is -2.07. The molecule has 1 fully saturated rings. The predicted octanol–water partition coefficient (Wildman–Crippen LogP) is 1.95. The molecule has 0 bridgehead atoms. The maximum Gasteiger partial charge on any atom is 0.157 e. The molecule has 1 aliphatic carbocycles. The smallest absolute Gasteiger partial charge is 0.157 e. The lowest BCUT2D eigenvalue weighted by Crippen LogP contribution is -2.18. The van der Waals surface area contributed by atoms with Crippen LogP contribution >= 0.6 is 0 Å². The number of carbonyl (C=O) groups is 1. The largest absolute Gasteiger partial charge is 0.297 e. The Labute approximate surface area is 84.1 Å². The highest BCUT2D eigenvalue weighted by Gasteiger charge is 2.22. The average molecular weight is 192 g/mol. The predicted molar refractivity (Wildman–Crippen MR) is 53.9 cm³/mol. The van der Waals surface area contributed by atoms with Crippen molar-refractivity contribution in [2.45, 2.75) is 39.2 Å². The van der Waals surface area contributed by atoms with Gasteiger partial charge < -0.3 is 0 Å². The summed E-state index contributed by atoms with van der Waals surface area (Å²) in [5, 5.41) is 4.22. The number of ketones is 1. The van der Waals surface area contributed by atoms with Gasteiger partial charge in [-0.25, -0.2) is 0 Å². The van der Waals surface area contributed by atoms with Gasteiger partial charge >= 0.3 is 0 Å². The van der Waals surface area contributed by atoms with Crippen LogP contribution in [0.25, 0.3) is 0 Å². The van der Waals surface area contributed by atoms with Gasteiger partial charge in [0.25, 0.3) is 0 Å². The minimum atomic E-state index is 0.305. The number of aromatic nitrogens is 2. The van der Waals surface area contributed by atoms with Crippen LogP contribution in [-0.4, -0.2) is 15.6 Å². The summed E-state index contributed by atoms with van der Waals surface area (Å²) < 4.78 is 1.75. The molecule has 1 aliphatic rings. The Morgan fingerprint density at radius 2 is 2.29 bits per heavy atom. The Morgan fingerprint density at radius 1 is 1.57 bits per heavy atom. The molecule has 0 N–H and O–H groups in total. The molecule has 76 valence electrons. The van der Waals surface area contributed by atoms with Crippen LogP contribution < -0.4 is 0 Å². The monoisotopic (exact) mass is 192 g/mol. The first kappa shape index (κ1) is 9.44. The second-order valence-electron chi connectivity index (χ2n) is 4.10. The SMILES string of the molecule is Cc1ccn(CC(=O)C2CCCC2)n1. The van der Waals surface area contributed by atoms with E-state index in [1.807, 2.05) is 19.2 Å². The molecule has 0 radical (unpaired) electrons. The van der Waals surface area contributed by atoms with E-state index in [0.29, 0.717) is 18.2 Å². The van der Waals surface area contributed by atoms with Crippen LogP contribution in [-0.2, 0) is 11.3 Å². The van der Waals surface area contributed by atoms with E-state index in [1.54, 1.807) is 4.68 Å². The molecule has 1 aromatic rings. The third-order valence-corrected chi connectivity index (χ3v) is 2.90. The minimum absolute atomic E-state index is 0.305. The van der Waals surface area contributed by atoms with E-state index in [2.05, 4.69) is 5.10 Å². The van der Waals surface area contributed by atoms with Crippen LogP contribution in [0, 0.1) is 12.8 Å². The van der Waals surface area contributed by atoms with Crippen molar-refractivity contribution in [1.29, 1.82) is 0 Å². The van der Waals surface area contributed by atoms with Gasteiger partial charge in [-0.15, -0.1) is 0 Å². The molecule has 0 aromatic carbocycles. The molecule has 1 heterocycles. The fraction of sp³-hybridized carbons (Fsp3) is 0.636. The molecule has 3 heteroatoms. The fourth-order valence-corrected chi connectivity index (χ4v) is 2.09. The summed E-state index contributed by atoms with van der Waals surface area (Å²) in [7, 11) is 0. The summed E-state index contributed by atoms with van der Waals surface area (Å²) in [4.78, 5) is 11.8. The van der Waals surface area contributed by atoms with Crippen molar-refractivity contribution >= 4 is 5.78 Å². The number of Topliss-reactive ketones (excluding diaryl/α,β-unsaturated/α-hetero) is 1. The first-order chi connectivity index (χ1) is 6.75. The topological polar surface area (TPSA) is 34.9 Å². The maximum atomic E-state index is 11.8. The minimum Gasteiger partial charge on any atom is -0.297 e. The Hall–Kier alpha value is -1.12. The number of aryl methyl sites for hydroxylation is 1. The molecule has 0 unspecified atom stereocenters. The van der Waals surface area contributed by atoms with Gasteiger partial charge in [0.2, 0.25) is 0 Å². The van der Waals surface area contributed by atoms with Crippen LogP contribution in [0.4, 0.5) is 0 Å². The van der Waals surface area contributed by atoms with Crippen molar-refractivity contribution in [2.24, 2.45) is 5.92 Å². The van der Waals surface area contributed by atoms with Crippen LogP contribution in [0.2, 0.25) is 0 Å². The average Bonchev–Trinajstić information content (AvgIpc) is 2.75. The van der Waals surface area contributed by atoms with E-state index < -0.39 is 0 Å². The molecule has 2 rings (SSSR count). The molecular formula is C11H16N2O. The highest BCUT2D eigenvalue weighted by atomic mass is 16.1. The first-order valence-electron chi connectivity index (χ1n) is 5.28. The van der Waals surface area contributed by atoms with Crippen LogP contribution in [0.5, 0.6) is 0 Å². The molecule has 1 saturated carbocycles. The van der Waals surface area contributed by atoms with Crippen molar-refractivity contribution in [3.63, 3.8) is 0 Å². The van der Waals surface area contributed by atoms with Crippen molar-refractivity contribution in [2.75, 3.05) is 0 Å². The summed E-state index contributed by atoms with van der Waals surface area (Å²) >= 11 is 0. The summed E-state index contributed by atoms with van der Waals surface area (Å²) in [6.45, 7) is 2.40. The molecule has 0 amide bonds. The number of hydrogen-bond donors (Lipinski definition) is 0. The van der Waals surface area contributed by atoms with Crippen molar-refractivity contribution in [1.82, 2.24) is 9.78 Å². The lowest BCUT2D eigenvalue weighted by atomic mass is 10.0. The zero-order chi connectivity index (χ0) is 9.97. The van der Waals surface area contributed by atoms with E-state index >= 15 is 0 Å². The highest BCUT2D eigenvalue weighted by Crippen LogP contribution is 2.25. The van der Waals surface area contributed by atoms with Crippen molar-refractivity contribution in [3.8, 4) is 0 Å². The van der Waals surface area contributed by atoms with E-state index in [0.717, 1.165) is 18.5 Å². The van der Waals surface area contributed by atoms with Crippen molar-refractivity contribution in [3.05, 3.63) is 18.0 Å². The summed E-state index contributed by atoms with van der Waals surface area (Å²) in [6.07, 6.45) is 6.48. The number of rotatable bonds is 3. The number of hydrogen-bond acceptors (Lipinski definition) is 2. The van der Waals surface area contributed by atoms with Gasteiger partial charge in [0.15, 0.2) is 5.78 Å². The Balaban J connectivity index is 1.93. The Kier molecular flexibility index (Phi) is 2.66. The summed E-state index contributed by atoms with van der Waals surface area (Å²) in [5.74, 6) is 0.658. The zero-order valence-corrected chi connectivity index (χ0v) is 8.57. The normalized spacial score (nSPS) is 17.5. The van der Waals surface area contributed by atoms with Gasteiger partial charge in [0.1, 0.15) is 0 Å². The fourth-order valence-electron chi connectivity index (χ4n) is 2.09. The van der Waals surface area contributed by atoms with Crippen molar-refractivity contribution < 1.29 is 4.79 Å². The summed E-state index contributed by atoms with van der Waals surface area (Å²) in [6, 6.07) is 1.93. The van der Waals surface area contributed by atoms with Crippen LogP contribution in [0.1, 0.15) is 31.4 Å². The van der Waals surface area contributed by atoms with Gasteiger partial charge in [0, 0.05) is 12.1 Å². The number of nitrogens with zero attached hydrogens (tertiary/aromatic N) is 2. The second kappa shape index (κ2) is 3.95. The van der Waals surface area contributed by atoms with E-state index in [9.17, 15) is 4.79 Å². The van der Waals surface area contributed by atoms with Gasteiger partial charge in [0.05, 0.1) is 12.2 Å². The second-order valence-corrected chi connectivity index (χ2v) is 4.10. The van der Waals surface area contributed by atoms with Gasteiger partial charge in [-0.05, 0) is 25.8 Å². The molecule has 1 aromatic heterocycles. The zero-order valence-electron chi connectivity index (χ0n) is 8.57. The van der Waals surface area contributed by atoms with Gasteiger partial charge in [-0.2, -0.15) is 5.10 Å². The molecule has 0 aliphatic heterocycles. The van der Waals surface area contributed by atoms with E-state index in [-0.39, 0.29) is 0 Å². The molecule has 14 heavy (non-hydrogen) atoms. The molecule has 0 saturated heterocycles. The third kappa shape index (κ3) is 2.03. The van der Waals surface area contributed by atoms with E-state index in [1.165, 1.54) is 12.8 Å². The molecule has 3 nitrogen and oxygen atoms in total. The number of carbonyl (C=O) groups excluding carboxylic acids is 1. The van der Waals surface area contributed by atoms with E-state index in [4.69, 9.17) is 0 Å². The lowest BCUT2D eigenvalue weighted by molar-refractivity contribution is -0.123. The third-order valence-electron chi connectivity index (χ3n) is 2.90. The highest BCUT2D eigenvalue weighted by molar-refractivity contribution is 5.80. The first-order valence-corrected chi connectivity index (χ1v) is 5.28. The van der Waals surface area contributed by atoms with Gasteiger partial charge in [-0.1, -0.05) is 12.8 Å². The Bertz CT molecular complexity index is 324. The quantitative estimate of drug-likeness (QED) is 0.733.